The monoisotopic (exact) mass is 255 g/mol. The Morgan fingerprint density at radius 1 is 1.11 bits per heavy atom. The van der Waals surface area contributed by atoms with Gasteiger partial charge in [-0.25, -0.2) is 4.79 Å². The molecule has 2 aromatic carbocycles. The van der Waals surface area contributed by atoms with Crippen molar-refractivity contribution in [3.63, 3.8) is 0 Å². The average Bonchev–Trinajstić information content (AvgIpc) is 2.34. The molecule has 0 fully saturated rings. The van der Waals surface area contributed by atoms with Gasteiger partial charge in [-0.05, 0) is 43.2 Å². The number of carbonyl (C=O) groups is 1. The van der Waals surface area contributed by atoms with E-state index in [-0.39, 0.29) is 0 Å². The maximum absolute atomic E-state index is 11.5. The molecule has 2 aromatic rings. The van der Waals surface area contributed by atoms with Gasteiger partial charge >= 0.3 is 6.09 Å². The van der Waals surface area contributed by atoms with Crippen LogP contribution in [0.4, 0.5) is 4.79 Å². The van der Waals surface area contributed by atoms with Gasteiger partial charge in [-0.2, -0.15) is 4.99 Å². The van der Waals surface area contributed by atoms with Gasteiger partial charge in [0.15, 0.2) is 0 Å². The molecule has 0 bridgehead atoms. The van der Waals surface area contributed by atoms with Crippen LogP contribution in [0.5, 0.6) is 0 Å². The second-order valence-corrected chi connectivity index (χ2v) is 5.35. The molecule has 0 unspecified atom stereocenters. The number of amides is 1. The normalized spacial score (nSPS) is 11.9. The molecule has 0 radical (unpaired) electrons. The third kappa shape index (κ3) is 3.91. The van der Waals surface area contributed by atoms with Crippen molar-refractivity contribution in [1.82, 2.24) is 0 Å². The van der Waals surface area contributed by atoms with Crippen molar-refractivity contribution in [3.05, 3.63) is 48.0 Å². The number of aliphatic imine (C=N–C) groups is 1. The zero-order chi connectivity index (χ0) is 13.9. The minimum atomic E-state index is -0.569. The van der Waals surface area contributed by atoms with Crippen LogP contribution in [0.3, 0.4) is 0 Å². The Labute approximate surface area is 112 Å². The molecule has 0 N–H and O–H groups in total. The zero-order valence-electron chi connectivity index (χ0n) is 11.4. The standard InChI is InChI=1S/C16H17NO2/c1-16(2,3)19-15(18)17-11-12-8-9-13-6-4-5-7-14(13)10-12/h4-11H,1-3H3/b17-11-. The third-order valence-corrected chi connectivity index (χ3v) is 2.49. The summed E-state index contributed by atoms with van der Waals surface area (Å²) in [5.74, 6) is 0. The molecule has 0 aliphatic heterocycles. The van der Waals surface area contributed by atoms with E-state index in [9.17, 15) is 4.79 Å². The van der Waals surface area contributed by atoms with Crippen molar-refractivity contribution in [2.24, 2.45) is 4.99 Å². The quantitative estimate of drug-likeness (QED) is 0.716. The number of nitrogens with zero attached hydrogens (tertiary/aromatic N) is 1. The number of hydrogen-bond acceptors (Lipinski definition) is 2. The first-order chi connectivity index (χ1) is 8.94. The van der Waals surface area contributed by atoms with E-state index in [1.165, 1.54) is 6.21 Å². The van der Waals surface area contributed by atoms with Crippen LogP contribution < -0.4 is 0 Å². The molecule has 3 heteroatoms. The number of hydrogen-bond donors (Lipinski definition) is 0. The number of rotatable bonds is 1. The molecule has 0 aliphatic rings. The molecule has 0 saturated carbocycles. The Morgan fingerprint density at radius 3 is 2.47 bits per heavy atom. The fraction of sp³-hybridized carbons (Fsp3) is 0.250. The summed E-state index contributed by atoms with van der Waals surface area (Å²) in [5, 5.41) is 2.28. The fourth-order valence-electron chi connectivity index (χ4n) is 1.70. The number of benzene rings is 2. The van der Waals surface area contributed by atoms with Gasteiger partial charge < -0.3 is 4.74 Å². The van der Waals surface area contributed by atoms with Crippen LogP contribution in [-0.2, 0) is 4.74 Å². The summed E-state index contributed by atoms with van der Waals surface area (Å²) in [4.78, 5) is 15.3. The Bertz CT molecular complexity index is 624. The number of carbonyl (C=O) groups excluding carboxylic acids is 1. The molecule has 0 heterocycles. The lowest BCUT2D eigenvalue weighted by atomic mass is 10.1. The van der Waals surface area contributed by atoms with Gasteiger partial charge in [0.2, 0.25) is 0 Å². The van der Waals surface area contributed by atoms with E-state index < -0.39 is 11.7 Å². The van der Waals surface area contributed by atoms with Crippen molar-refractivity contribution >= 4 is 23.1 Å². The summed E-state index contributed by atoms with van der Waals surface area (Å²) in [6.07, 6.45) is 0.959. The summed E-state index contributed by atoms with van der Waals surface area (Å²) in [6.45, 7) is 5.45. The van der Waals surface area contributed by atoms with Gasteiger partial charge in [-0.3, -0.25) is 0 Å². The van der Waals surface area contributed by atoms with E-state index in [1.807, 2.05) is 63.2 Å². The second kappa shape index (κ2) is 5.22. The van der Waals surface area contributed by atoms with Crippen LogP contribution >= 0.6 is 0 Å². The summed E-state index contributed by atoms with van der Waals surface area (Å²) in [5.41, 5.74) is 0.363. The van der Waals surface area contributed by atoms with Crippen LogP contribution in [0.25, 0.3) is 10.8 Å². The maximum atomic E-state index is 11.5. The fourth-order valence-corrected chi connectivity index (χ4v) is 1.70. The van der Waals surface area contributed by atoms with E-state index in [4.69, 9.17) is 4.74 Å². The molecule has 0 saturated heterocycles. The van der Waals surface area contributed by atoms with E-state index in [1.54, 1.807) is 0 Å². The molecule has 2 rings (SSSR count). The van der Waals surface area contributed by atoms with Crippen LogP contribution in [-0.4, -0.2) is 17.9 Å². The SMILES string of the molecule is CC(C)(C)OC(=O)/N=C\c1ccc2ccccc2c1. The summed E-state index contributed by atoms with van der Waals surface area (Å²) in [6, 6.07) is 14.0. The predicted octanol–water partition coefficient (Wildman–Crippen LogP) is 4.19. The first-order valence-corrected chi connectivity index (χ1v) is 6.20. The Balaban J connectivity index is 2.15. The molecular weight excluding hydrogens is 238 g/mol. The summed E-state index contributed by atoms with van der Waals surface area (Å²) < 4.78 is 5.11. The van der Waals surface area contributed by atoms with Crippen LogP contribution in [0, 0.1) is 0 Å². The van der Waals surface area contributed by atoms with Crippen molar-refractivity contribution in [1.29, 1.82) is 0 Å². The summed E-state index contributed by atoms with van der Waals surface area (Å²) in [7, 11) is 0. The molecule has 0 aromatic heterocycles. The van der Waals surface area contributed by atoms with Gasteiger partial charge in [-0.1, -0.05) is 36.4 Å². The molecule has 3 nitrogen and oxygen atoms in total. The van der Waals surface area contributed by atoms with E-state index in [2.05, 4.69) is 4.99 Å². The third-order valence-electron chi connectivity index (χ3n) is 2.49. The van der Waals surface area contributed by atoms with Crippen LogP contribution in [0.15, 0.2) is 47.5 Å². The van der Waals surface area contributed by atoms with Crippen LogP contribution in [0.1, 0.15) is 26.3 Å². The smallest absolute Gasteiger partial charge is 0.434 e. The van der Waals surface area contributed by atoms with Gasteiger partial charge in [0.05, 0.1) is 0 Å². The van der Waals surface area contributed by atoms with E-state index in [0.717, 1.165) is 16.3 Å². The summed E-state index contributed by atoms with van der Waals surface area (Å²) >= 11 is 0. The lowest BCUT2D eigenvalue weighted by molar-refractivity contribution is 0.0605. The van der Waals surface area contributed by atoms with Crippen molar-refractivity contribution < 1.29 is 9.53 Å². The molecule has 98 valence electrons. The topological polar surface area (TPSA) is 38.7 Å². The Morgan fingerprint density at radius 2 is 1.79 bits per heavy atom. The highest BCUT2D eigenvalue weighted by molar-refractivity contribution is 5.94. The first kappa shape index (κ1) is 13.3. The molecule has 0 spiro atoms. The van der Waals surface area contributed by atoms with Gasteiger partial charge in [0.25, 0.3) is 0 Å². The molecular formula is C16H17NO2. The highest BCUT2D eigenvalue weighted by Crippen LogP contribution is 2.14. The number of ether oxygens (including phenoxy) is 1. The Hall–Kier alpha value is -2.16. The minimum absolute atomic E-state index is 0.516. The lowest BCUT2D eigenvalue weighted by Crippen LogP contribution is -2.21. The maximum Gasteiger partial charge on any atom is 0.434 e. The highest BCUT2D eigenvalue weighted by Gasteiger charge is 2.14. The molecule has 19 heavy (non-hydrogen) atoms. The van der Waals surface area contributed by atoms with Gasteiger partial charge in [-0.15, -0.1) is 0 Å². The van der Waals surface area contributed by atoms with Gasteiger partial charge in [0.1, 0.15) is 5.60 Å². The second-order valence-electron chi connectivity index (χ2n) is 5.35. The van der Waals surface area contributed by atoms with Crippen LogP contribution in [0.2, 0.25) is 0 Å². The lowest BCUT2D eigenvalue weighted by Gasteiger charge is -2.17. The molecule has 0 aliphatic carbocycles. The highest BCUT2D eigenvalue weighted by atomic mass is 16.6. The average molecular weight is 255 g/mol. The number of fused-ring (bicyclic) bond motifs is 1. The zero-order valence-corrected chi connectivity index (χ0v) is 11.4. The first-order valence-electron chi connectivity index (χ1n) is 6.20. The molecule has 1 amide bonds. The molecule has 0 atom stereocenters. The van der Waals surface area contributed by atoms with E-state index >= 15 is 0 Å². The van der Waals surface area contributed by atoms with Crippen molar-refractivity contribution in [2.75, 3.05) is 0 Å². The largest absolute Gasteiger partial charge is 0.442 e. The minimum Gasteiger partial charge on any atom is -0.442 e. The Kier molecular flexibility index (Phi) is 3.65. The van der Waals surface area contributed by atoms with Crippen molar-refractivity contribution in [3.8, 4) is 0 Å². The van der Waals surface area contributed by atoms with Gasteiger partial charge in [0, 0.05) is 6.21 Å². The van der Waals surface area contributed by atoms with Crippen molar-refractivity contribution in [2.45, 2.75) is 26.4 Å². The van der Waals surface area contributed by atoms with E-state index in [0.29, 0.717) is 0 Å². The predicted molar refractivity (Wildman–Crippen MR) is 77.8 cm³/mol.